The molecule has 0 spiro atoms. The number of rotatable bonds is 4. The lowest BCUT2D eigenvalue weighted by Crippen LogP contribution is -2.07. The average molecular weight is 297 g/mol. The number of benzene rings is 2. The Morgan fingerprint density at radius 3 is 2.60 bits per heavy atom. The topological polar surface area (TPSA) is 26.3 Å². The fraction of sp³-hybridized carbons (Fsp3) is 0.133. The van der Waals surface area contributed by atoms with E-state index in [1.807, 2.05) is 0 Å². The monoisotopic (exact) mass is 296 g/mol. The third kappa shape index (κ3) is 3.14. The van der Waals surface area contributed by atoms with Crippen LogP contribution in [0.4, 0.5) is 8.78 Å². The van der Waals surface area contributed by atoms with E-state index in [4.69, 9.17) is 16.3 Å². The molecule has 0 amide bonds. The fourth-order valence-electron chi connectivity index (χ4n) is 1.83. The summed E-state index contributed by atoms with van der Waals surface area (Å²) in [5.41, 5.74) is 0.391. The smallest absolute Gasteiger partial charge is 0.171 e. The third-order valence-corrected chi connectivity index (χ3v) is 3.06. The molecular formula is C15H11ClF2O2. The molecule has 0 aliphatic heterocycles. The Hall–Kier alpha value is -1.94. The Balaban J connectivity index is 2.30. The molecule has 2 aromatic rings. The van der Waals surface area contributed by atoms with Gasteiger partial charge in [-0.05, 0) is 29.8 Å². The quantitative estimate of drug-likeness (QED) is 0.796. The molecule has 2 aromatic carbocycles. The first-order valence-electron chi connectivity index (χ1n) is 5.82. The van der Waals surface area contributed by atoms with Gasteiger partial charge in [-0.15, -0.1) is 0 Å². The first-order chi connectivity index (χ1) is 9.51. The maximum Gasteiger partial charge on any atom is 0.171 e. The largest absolute Gasteiger partial charge is 0.496 e. The van der Waals surface area contributed by atoms with Crippen molar-refractivity contribution in [3.05, 3.63) is 64.2 Å². The van der Waals surface area contributed by atoms with E-state index in [0.29, 0.717) is 10.8 Å². The lowest BCUT2D eigenvalue weighted by Gasteiger charge is -2.08. The minimum Gasteiger partial charge on any atom is -0.496 e. The lowest BCUT2D eigenvalue weighted by atomic mass is 10.0. The van der Waals surface area contributed by atoms with Crippen LogP contribution in [0, 0.1) is 11.6 Å². The molecule has 0 saturated carbocycles. The van der Waals surface area contributed by atoms with E-state index in [9.17, 15) is 13.6 Å². The highest BCUT2D eigenvalue weighted by Gasteiger charge is 2.15. The van der Waals surface area contributed by atoms with Gasteiger partial charge in [-0.25, -0.2) is 8.78 Å². The SMILES string of the molecule is COc1ccc(Cl)cc1C(=O)Cc1ccc(F)cc1F. The molecule has 0 fully saturated rings. The van der Waals surface area contributed by atoms with E-state index in [1.165, 1.54) is 19.2 Å². The summed E-state index contributed by atoms with van der Waals surface area (Å²) < 4.78 is 31.4. The number of Topliss-reactive ketones (excluding diaryl/α,β-unsaturated/α-hetero) is 1. The molecule has 0 unspecified atom stereocenters. The molecule has 0 aromatic heterocycles. The Bertz CT molecular complexity index is 656. The number of ether oxygens (including phenoxy) is 1. The highest BCUT2D eigenvalue weighted by Crippen LogP contribution is 2.24. The standard InChI is InChI=1S/C15H11ClF2O2/c1-20-15-5-3-10(16)7-12(15)14(19)6-9-2-4-11(17)8-13(9)18/h2-5,7-8H,6H2,1H3. The zero-order valence-electron chi connectivity index (χ0n) is 10.6. The molecule has 2 nitrogen and oxygen atoms in total. The van der Waals surface area contributed by atoms with Crippen LogP contribution >= 0.6 is 11.6 Å². The van der Waals surface area contributed by atoms with Crippen molar-refractivity contribution in [2.75, 3.05) is 7.11 Å². The number of carbonyl (C=O) groups is 1. The molecule has 104 valence electrons. The molecule has 5 heteroatoms. The van der Waals surface area contributed by atoms with E-state index in [-0.39, 0.29) is 23.3 Å². The van der Waals surface area contributed by atoms with E-state index in [0.717, 1.165) is 12.1 Å². The first kappa shape index (κ1) is 14.5. The second kappa shape index (κ2) is 6.01. The number of ketones is 1. The summed E-state index contributed by atoms with van der Waals surface area (Å²) in [5.74, 6) is -1.42. The van der Waals surface area contributed by atoms with E-state index < -0.39 is 11.6 Å². The van der Waals surface area contributed by atoms with Crippen LogP contribution in [0.2, 0.25) is 5.02 Å². The van der Waals surface area contributed by atoms with Crippen molar-refractivity contribution < 1.29 is 18.3 Å². The minimum atomic E-state index is -0.751. The molecule has 0 aliphatic carbocycles. The summed E-state index contributed by atoms with van der Waals surface area (Å²) >= 11 is 5.84. The highest BCUT2D eigenvalue weighted by molar-refractivity contribution is 6.31. The zero-order chi connectivity index (χ0) is 14.7. The van der Waals surface area contributed by atoms with Gasteiger partial charge in [0.25, 0.3) is 0 Å². The van der Waals surface area contributed by atoms with Crippen LogP contribution in [0.3, 0.4) is 0 Å². The Morgan fingerprint density at radius 1 is 1.20 bits per heavy atom. The molecule has 0 saturated heterocycles. The first-order valence-corrected chi connectivity index (χ1v) is 6.19. The highest BCUT2D eigenvalue weighted by atomic mass is 35.5. The van der Waals surface area contributed by atoms with Crippen molar-refractivity contribution in [2.24, 2.45) is 0 Å². The van der Waals surface area contributed by atoms with Crippen molar-refractivity contribution in [3.63, 3.8) is 0 Å². The number of hydrogen-bond donors (Lipinski definition) is 0. The molecule has 0 aliphatic rings. The van der Waals surface area contributed by atoms with Gasteiger partial charge in [0.05, 0.1) is 12.7 Å². The van der Waals surface area contributed by atoms with Crippen molar-refractivity contribution >= 4 is 17.4 Å². The van der Waals surface area contributed by atoms with Crippen molar-refractivity contribution in [1.82, 2.24) is 0 Å². The van der Waals surface area contributed by atoms with Crippen LogP contribution in [-0.2, 0) is 6.42 Å². The normalized spacial score (nSPS) is 10.4. The summed E-state index contributed by atoms with van der Waals surface area (Å²) in [5, 5.41) is 0.383. The van der Waals surface area contributed by atoms with E-state index >= 15 is 0 Å². The zero-order valence-corrected chi connectivity index (χ0v) is 11.4. The number of carbonyl (C=O) groups excluding carboxylic acids is 1. The molecule has 20 heavy (non-hydrogen) atoms. The predicted octanol–water partition coefficient (Wildman–Crippen LogP) is 4.05. The summed E-state index contributed by atoms with van der Waals surface area (Å²) in [7, 11) is 1.43. The van der Waals surface area contributed by atoms with Gasteiger partial charge in [0.1, 0.15) is 17.4 Å². The molecule has 0 heterocycles. The minimum absolute atomic E-state index is 0.124. The number of methoxy groups -OCH3 is 1. The van der Waals surface area contributed by atoms with Gasteiger partial charge in [0, 0.05) is 17.5 Å². The van der Waals surface area contributed by atoms with Crippen LogP contribution < -0.4 is 4.74 Å². The number of halogens is 3. The maximum absolute atomic E-state index is 13.5. The van der Waals surface area contributed by atoms with Crippen LogP contribution in [-0.4, -0.2) is 12.9 Å². The lowest BCUT2D eigenvalue weighted by molar-refractivity contribution is 0.0989. The second-order valence-corrected chi connectivity index (χ2v) is 4.62. The van der Waals surface area contributed by atoms with Crippen LogP contribution in [0.25, 0.3) is 0 Å². The van der Waals surface area contributed by atoms with Gasteiger partial charge in [-0.1, -0.05) is 17.7 Å². The van der Waals surface area contributed by atoms with Gasteiger partial charge < -0.3 is 4.74 Å². The van der Waals surface area contributed by atoms with Crippen LogP contribution in [0.15, 0.2) is 36.4 Å². The van der Waals surface area contributed by atoms with E-state index in [1.54, 1.807) is 12.1 Å². The van der Waals surface area contributed by atoms with Crippen molar-refractivity contribution in [1.29, 1.82) is 0 Å². The summed E-state index contributed by atoms with van der Waals surface area (Å²) in [6.45, 7) is 0. The third-order valence-electron chi connectivity index (χ3n) is 2.83. The van der Waals surface area contributed by atoms with Crippen molar-refractivity contribution in [3.8, 4) is 5.75 Å². The molecule has 0 N–H and O–H groups in total. The van der Waals surface area contributed by atoms with Gasteiger partial charge in [-0.3, -0.25) is 4.79 Å². The van der Waals surface area contributed by atoms with Gasteiger partial charge in [0.2, 0.25) is 0 Å². The Morgan fingerprint density at radius 2 is 1.95 bits per heavy atom. The molecule has 0 bridgehead atoms. The van der Waals surface area contributed by atoms with Gasteiger partial charge in [-0.2, -0.15) is 0 Å². The average Bonchev–Trinajstić information content (AvgIpc) is 2.41. The van der Waals surface area contributed by atoms with Crippen LogP contribution in [0.1, 0.15) is 15.9 Å². The maximum atomic E-state index is 13.5. The molecule has 0 atom stereocenters. The van der Waals surface area contributed by atoms with Crippen LogP contribution in [0.5, 0.6) is 5.75 Å². The van der Waals surface area contributed by atoms with E-state index in [2.05, 4.69) is 0 Å². The van der Waals surface area contributed by atoms with Crippen molar-refractivity contribution in [2.45, 2.75) is 6.42 Å². The summed E-state index contributed by atoms with van der Waals surface area (Å²) in [4.78, 5) is 12.2. The Kier molecular flexibility index (Phi) is 4.35. The summed E-state index contributed by atoms with van der Waals surface area (Å²) in [6.07, 6.45) is -0.192. The molecule has 2 rings (SSSR count). The number of hydrogen-bond acceptors (Lipinski definition) is 2. The molecule has 0 radical (unpaired) electrons. The fourth-order valence-corrected chi connectivity index (χ4v) is 2.00. The summed E-state index contributed by atoms with van der Waals surface area (Å²) in [6, 6.07) is 7.73. The van der Waals surface area contributed by atoms with Gasteiger partial charge in [0.15, 0.2) is 5.78 Å². The predicted molar refractivity (Wildman–Crippen MR) is 72.4 cm³/mol. The Labute approximate surface area is 119 Å². The van der Waals surface area contributed by atoms with Gasteiger partial charge >= 0.3 is 0 Å². The molecular weight excluding hydrogens is 286 g/mol. The second-order valence-electron chi connectivity index (χ2n) is 4.18.